The number of hydrogen-bond acceptors (Lipinski definition) is 5. The Morgan fingerprint density at radius 1 is 1.50 bits per heavy atom. The molecule has 14 heavy (non-hydrogen) atoms. The second kappa shape index (κ2) is 5.05. The molecular weight excluding hydrogens is 186 g/mol. The molecule has 0 aromatic carbocycles. The van der Waals surface area contributed by atoms with Gasteiger partial charge in [0.05, 0.1) is 13.2 Å². The summed E-state index contributed by atoms with van der Waals surface area (Å²) in [6.07, 6.45) is 1.38. The van der Waals surface area contributed by atoms with Crippen LogP contribution in [0.1, 0.15) is 25.7 Å². The van der Waals surface area contributed by atoms with Crippen molar-refractivity contribution in [2.45, 2.75) is 31.4 Å². The second-order valence-electron chi connectivity index (χ2n) is 3.23. The topological polar surface area (TPSA) is 65.0 Å². The van der Waals surface area contributed by atoms with Crippen molar-refractivity contribution < 1.29 is 14.3 Å². The summed E-state index contributed by atoms with van der Waals surface area (Å²) >= 11 is 0. The van der Waals surface area contributed by atoms with Gasteiger partial charge in [-0.2, -0.15) is 0 Å². The Morgan fingerprint density at radius 3 is 2.64 bits per heavy atom. The highest BCUT2D eigenvalue weighted by molar-refractivity contribution is 5.69. The van der Waals surface area contributed by atoms with Gasteiger partial charge < -0.3 is 9.47 Å². The summed E-state index contributed by atoms with van der Waals surface area (Å²) < 4.78 is 10.1. The molecular formula is C9H14NO4. The summed E-state index contributed by atoms with van der Waals surface area (Å²) in [5, 5.41) is 2.91. The van der Waals surface area contributed by atoms with Crippen molar-refractivity contribution in [3.63, 3.8) is 0 Å². The van der Waals surface area contributed by atoms with Gasteiger partial charge in [0.15, 0.2) is 0 Å². The lowest BCUT2D eigenvalue weighted by molar-refractivity contribution is -0.168. The Balaban J connectivity index is 2.51. The Labute approximate surface area is 82.7 Å². The largest absolute Gasteiger partial charge is 0.433 e. The lowest BCUT2D eigenvalue weighted by Crippen LogP contribution is -2.38. The van der Waals surface area contributed by atoms with Crippen molar-refractivity contribution in [3.05, 3.63) is 11.8 Å². The van der Waals surface area contributed by atoms with E-state index in [-0.39, 0.29) is 6.42 Å². The minimum Gasteiger partial charge on any atom is -0.433 e. The number of nitroso groups, excluding NO2 is 1. The molecule has 1 aliphatic heterocycles. The van der Waals surface area contributed by atoms with E-state index >= 15 is 0 Å². The van der Waals surface area contributed by atoms with E-state index in [0.717, 1.165) is 0 Å². The number of carbonyl (C=O) groups excluding carboxylic acids is 1. The first-order valence-electron chi connectivity index (χ1n) is 4.66. The maximum Gasteiger partial charge on any atom is 0.308 e. The van der Waals surface area contributed by atoms with Crippen LogP contribution in [0.2, 0.25) is 0 Å². The van der Waals surface area contributed by atoms with Crippen molar-refractivity contribution in [2.24, 2.45) is 5.18 Å². The lowest BCUT2D eigenvalue weighted by atomic mass is 10.1. The Morgan fingerprint density at radius 2 is 2.14 bits per heavy atom. The molecule has 79 valence electrons. The van der Waals surface area contributed by atoms with Crippen LogP contribution >= 0.6 is 0 Å². The van der Waals surface area contributed by atoms with E-state index in [1.54, 1.807) is 0 Å². The van der Waals surface area contributed by atoms with E-state index in [4.69, 9.17) is 9.47 Å². The van der Waals surface area contributed by atoms with Crippen LogP contribution in [0.25, 0.3) is 0 Å². The van der Waals surface area contributed by atoms with Gasteiger partial charge in [-0.15, -0.1) is 4.91 Å². The molecule has 0 unspecified atom stereocenters. The molecule has 0 saturated carbocycles. The number of carbonyl (C=O) groups is 1. The fraction of sp³-hybridized carbons (Fsp3) is 0.778. The highest BCUT2D eigenvalue weighted by Gasteiger charge is 2.37. The molecule has 0 atom stereocenters. The maximum atomic E-state index is 11.2. The summed E-state index contributed by atoms with van der Waals surface area (Å²) in [6, 6.07) is 0. The van der Waals surface area contributed by atoms with Gasteiger partial charge in [-0.3, -0.25) is 4.79 Å². The molecule has 0 bridgehead atoms. The third-order valence-electron chi connectivity index (χ3n) is 2.13. The lowest BCUT2D eigenvalue weighted by Gasteiger charge is -2.29. The monoisotopic (exact) mass is 200 g/mol. The molecule has 1 saturated heterocycles. The molecule has 1 radical (unpaired) electrons. The van der Waals surface area contributed by atoms with Gasteiger partial charge in [0.2, 0.25) is 5.72 Å². The Bertz CT molecular complexity index is 211. The Hall–Kier alpha value is -0.970. The summed E-state index contributed by atoms with van der Waals surface area (Å²) in [5.74, 6) is -0.415. The minimum absolute atomic E-state index is 0.220. The number of nitrogens with zero attached hydrogens (tertiary/aromatic N) is 1. The van der Waals surface area contributed by atoms with Crippen molar-refractivity contribution in [2.75, 3.05) is 13.2 Å². The van der Waals surface area contributed by atoms with E-state index in [1.807, 2.05) is 0 Å². The molecule has 0 aromatic heterocycles. The van der Waals surface area contributed by atoms with Crippen molar-refractivity contribution in [1.29, 1.82) is 0 Å². The normalized spacial score (nSPS) is 20.1. The van der Waals surface area contributed by atoms with Crippen LogP contribution in [0.4, 0.5) is 0 Å². The van der Waals surface area contributed by atoms with Crippen molar-refractivity contribution >= 4 is 5.97 Å². The SMILES string of the molecule is [CH2]CCC(=O)OC1(N=O)CCOCC1. The molecule has 0 amide bonds. The maximum absolute atomic E-state index is 11.2. The molecule has 0 aliphatic carbocycles. The van der Waals surface area contributed by atoms with E-state index in [1.165, 1.54) is 0 Å². The van der Waals surface area contributed by atoms with E-state index in [0.29, 0.717) is 32.5 Å². The van der Waals surface area contributed by atoms with Gasteiger partial charge in [-0.25, -0.2) is 0 Å². The molecule has 5 heteroatoms. The number of ether oxygens (including phenoxy) is 2. The highest BCUT2D eigenvalue weighted by atomic mass is 16.6. The second-order valence-corrected chi connectivity index (χ2v) is 3.23. The van der Waals surface area contributed by atoms with Crippen LogP contribution in [-0.2, 0) is 14.3 Å². The molecule has 1 aliphatic rings. The standard InChI is InChI=1S/C9H14NO4/c1-2-3-8(11)14-9(10-12)4-6-13-7-5-9/h1-7H2. The summed E-state index contributed by atoms with van der Waals surface area (Å²) in [5.41, 5.74) is -1.19. The van der Waals surface area contributed by atoms with Crippen LogP contribution in [0.3, 0.4) is 0 Å². The predicted octanol–water partition coefficient (Wildman–Crippen LogP) is 1.42. The van der Waals surface area contributed by atoms with Gasteiger partial charge >= 0.3 is 5.97 Å². The van der Waals surface area contributed by atoms with Crippen LogP contribution in [0.5, 0.6) is 0 Å². The highest BCUT2D eigenvalue weighted by Crippen LogP contribution is 2.26. The van der Waals surface area contributed by atoms with Gasteiger partial charge in [0, 0.05) is 19.3 Å². The molecule has 1 heterocycles. The average Bonchev–Trinajstić information content (AvgIpc) is 2.19. The first kappa shape index (κ1) is 11.1. The first-order chi connectivity index (χ1) is 6.72. The summed E-state index contributed by atoms with van der Waals surface area (Å²) in [7, 11) is 0. The molecule has 0 spiro atoms. The van der Waals surface area contributed by atoms with Crippen LogP contribution in [0, 0.1) is 11.8 Å². The van der Waals surface area contributed by atoms with Crippen LogP contribution in [-0.4, -0.2) is 24.9 Å². The third kappa shape index (κ3) is 2.77. The molecule has 1 rings (SSSR count). The molecule has 0 N–H and O–H groups in total. The molecule has 5 nitrogen and oxygen atoms in total. The van der Waals surface area contributed by atoms with Crippen molar-refractivity contribution in [3.8, 4) is 0 Å². The van der Waals surface area contributed by atoms with E-state index < -0.39 is 11.7 Å². The summed E-state index contributed by atoms with van der Waals surface area (Å²) in [6.45, 7) is 4.35. The minimum atomic E-state index is -1.19. The predicted molar refractivity (Wildman–Crippen MR) is 49.3 cm³/mol. The number of esters is 1. The van der Waals surface area contributed by atoms with E-state index in [2.05, 4.69) is 12.1 Å². The number of hydrogen-bond donors (Lipinski definition) is 0. The fourth-order valence-electron chi connectivity index (χ4n) is 1.31. The quantitative estimate of drug-likeness (QED) is 0.508. The zero-order valence-electron chi connectivity index (χ0n) is 8.03. The fourth-order valence-corrected chi connectivity index (χ4v) is 1.31. The van der Waals surface area contributed by atoms with Crippen LogP contribution in [0.15, 0.2) is 5.18 Å². The summed E-state index contributed by atoms with van der Waals surface area (Å²) in [4.78, 5) is 21.8. The van der Waals surface area contributed by atoms with E-state index in [9.17, 15) is 9.70 Å². The zero-order chi connectivity index (χ0) is 10.4. The molecule has 0 aromatic rings. The van der Waals surface area contributed by atoms with Gasteiger partial charge in [0.25, 0.3) is 0 Å². The van der Waals surface area contributed by atoms with Crippen molar-refractivity contribution in [1.82, 2.24) is 0 Å². The first-order valence-corrected chi connectivity index (χ1v) is 4.66. The Kier molecular flexibility index (Phi) is 4.00. The third-order valence-corrected chi connectivity index (χ3v) is 2.13. The van der Waals surface area contributed by atoms with Gasteiger partial charge in [-0.1, -0.05) is 6.92 Å². The smallest absolute Gasteiger partial charge is 0.308 e. The number of rotatable bonds is 4. The van der Waals surface area contributed by atoms with Gasteiger partial charge in [-0.05, 0) is 11.6 Å². The molecule has 1 fully saturated rings. The zero-order valence-corrected chi connectivity index (χ0v) is 8.03. The van der Waals surface area contributed by atoms with Crippen LogP contribution < -0.4 is 0 Å². The average molecular weight is 200 g/mol. The van der Waals surface area contributed by atoms with Gasteiger partial charge in [0.1, 0.15) is 0 Å².